The number of amides is 4. The summed E-state index contributed by atoms with van der Waals surface area (Å²) in [5.74, 6) is 0.621. The Morgan fingerprint density at radius 1 is 1.09 bits per heavy atom. The van der Waals surface area contributed by atoms with Crippen LogP contribution in [0.1, 0.15) is 37.0 Å². The van der Waals surface area contributed by atoms with E-state index < -0.39 is 11.6 Å². The molecular weight excluding hydrogens is 422 g/mol. The summed E-state index contributed by atoms with van der Waals surface area (Å²) in [6, 6.07) is 12.8. The van der Waals surface area contributed by atoms with Gasteiger partial charge in [-0.15, -0.1) is 0 Å². The van der Waals surface area contributed by atoms with Crippen LogP contribution in [0.2, 0.25) is 0 Å². The number of aryl methyl sites for hydroxylation is 1. The van der Waals surface area contributed by atoms with Gasteiger partial charge in [0.15, 0.2) is 11.5 Å². The first-order valence-corrected chi connectivity index (χ1v) is 11.4. The Morgan fingerprint density at radius 2 is 1.85 bits per heavy atom. The second-order valence-corrected chi connectivity index (χ2v) is 8.13. The highest BCUT2D eigenvalue weighted by molar-refractivity contribution is 6.09. The molecule has 1 atom stereocenters. The number of nitrogens with one attached hydrogen (secondary N) is 2. The highest BCUT2D eigenvalue weighted by Gasteiger charge is 2.55. The van der Waals surface area contributed by atoms with Gasteiger partial charge < -0.3 is 20.1 Å². The van der Waals surface area contributed by atoms with E-state index in [4.69, 9.17) is 9.47 Å². The molecule has 4 rings (SSSR count). The van der Waals surface area contributed by atoms with Crippen molar-refractivity contribution in [2.45, 2.75) is 38.6 Å². The summed E-state index contributed by atoms with van der Waals surface area (Å²) >= 11 is 0. The van der Waals surface area contributed by atoms with Crippen molar-refractivity contribution in [3.63, 3.8) is 0 Å². The molecule has 1 fully saturated rings. The van der Waals surface area contributed by atoms with Crippen molar-refractivity contribution in [2.75, 3.05) is 26.3 Å². The maximum Gasteiger partial charge on any atom is 0.325 e. The summed E-state index contributed by atoms with van der Waals surface area (Å²) < 4.78 is 11.2. The Hall–Kier alpha value is -3.55. The average Bonchev–Trinajstić information content (AvgIpc) is 3.29. The Morgan fingerprint density at radius 3 is 2.64 bits per heavy atom. The van der Waals surface area contributed by atoms with E-state index in [1.54, 1.807) is 0 Å². The topological polar surface area (TPSA) is 97.0 Å². The molecule has 2 aromatic rings. The lowest BCUT2D eigenvalue weighted by molar-refractivity contribution is -0.135. The molecule has 8 nitrogen and oxygen atoms in total. The zero-order valence-corrected chi connectivity index (χ0v) is 19.0. The van der Waals surface area contributed by atoms with Gasteiger partial charge in [-0.25, -0.2) is 4.79 Å². The van der Waals surface area contributed by atoms with E-state index in [1.807, 2.05) is 56.3 Å². The van der Waals surface area contributed by atoms with Crippen LogP contribution in [0.5, 0.6) is 11.5 Å². The van der Waals surface area contributed by atoms with Gasteiger partial charge in [-0.2, -0.15) is 0 Å². The molecule has 0 aromatic heterocycles. The molecule has 174 valence electrons. The summed E-state index contributed by atoms with van der Waals surface area (Å²) in [6.45, 7) is 4.96. The highest BCUT2D eigenvalue weighted by atomic mass is 16.5. The largest absolute Gasteiger partial charge is 0.490 e. The number of fused-ring (bicyclic) bond motifs is 2. The molecule has 1 aliphatic carbocycles. The van der Waals surface area contributed by atoms with Gasteiger partial charge in [0, 0.05) is 6.54 Å². The molecule has 0 saturated carbocycles. The standard InChI is InChI=1S/C25H29N3O5/c1-3-32-20-10-9-17(15-21(20)33-4-2)12-14-26-22(29)16-28-23(30)25(27-24(28)31)13-11-18-7-5-6-8-19(18)25/h5-10,15H,3-4,11-14,16H2,1-2H3,(H,26,29)(H,27,31)/t25-/m0/s1. The van der Waals surface area contributed by atoms with Crippen molar-refractivity contribution in [1.82, 2.24) is 15.5 Å². The van der Waals surface area contributed by atoms with Crippen LogP contribution in [-0.2, 0) is 28.0 Å². The molecule has 0 bridgehead atoms. The first kappa shape index (κ1) is 22.6. The number of urea groups is 1. The van der Waals surface area contributed by atoms with Crippen molar-refractivity contribution < 1.29 is 23.9 Å². The zero-order valence-electron chi connectivity index (χ0n) is 19.0. The second kappa shape index (κ2) is 9.52. The number of carbonyl (C=O) groups is 3. The van der Waals surface area contributed by atoms with Gasteiger partial charge in [0.1, 0.15) is 12.1 Å². The average molecular weight is 452 g/mol. The number of imide groups is 1. The van der Waals surface area contributed by atoms with Crippen molar-refractivity contribution in [2.24, 2.45) is 0 Å². The van der Waals surface area contributed by atoms with Gasteiger partial charge in [-0.3, -0.25) is 14.5 Å². The minimum absolute atomic E-state index is 0.304. The van der Waals surface area contributed by atoms with Crippen molar-refractivity contribution in [1.29, 1.82) is 0 Å². The summed E-state index contributed by atoms with van der Waals surface area (Å²) in [6.07, 6.45) is 1.80. The van der Waals surface area contributed by atoms with Gasteiger partial charge in [0.25, 0.3) is 5.91 Å². The van der Waals surface area contributed by atoms with Crippen LogP contribution in [0.15, 0.2) is 42.5 Å². The third kappa shape index (κ3) is 4.37. The minimum atomic E-state index is -1.05. The monoisotopic (exact) mass is 451 g/mol. The van der Waals surface area contributed by atoms with E-state index in [0.29, 0.717) is 50.5 Å². The van der Waals surface area contributed by atoms with Crippen molar-refractivity contribution in [3.8, 4) is 11.5 Å². The van der Waals surface area contributed by atoms with E-state index in [2.05, 4.69) is 10.6 Å². The van der Waals surface area contributed by atoms with Crippen LogP contribution in [0.4, 0.5) is 4.79 Å². The van der Waals surface area contributed by atoms with Crippen LogP contribution >= 0.6 is 0 Å². The summed E-state index contributed by atoms with van der Waals surface area (Å²) in [4.78, 5) is 39.2. The molecule has 1 aliphatic heterocycles. The fourth-order valence-corrected chi connectivity index (χ4v) is 4.53. The lowest BCUT2D eigenvalue weighted by Gasteiger charge is -2.22. The normalized spacial score (nSPS) is 18.9. The third-order valence-electron chi connectivity index (χ3n) is 6.07. The number of rotatable bonds is 9. The maximum atomic E-state index is 13.2. The summed E-state index contributed by atoms with van der Waals surface area (Å²) in [7, 11) is 0. The SMILES string of the molecule is CCOc1ccc(CCNC(=O)CN2C(=O)N[C@]3(CCc4ccccc43)C2=O)cc1OCC. The molecule has 4 amide bonds. The number of hydrogen-bond donors (Lipinski definition) is 2. The molecule has 2 aromatic carbocycles. The Kier molecular flexibility index (Phi) is 6.53. The lowest BCUT2D eigenvalue weighted by atomic mass is 9.92. The maximum absolute atomic E-state index is 13.2. The van der Waals surface area contributed by atoms with Crippen LogP contribution in [0.25, 0.3) is 0 Å². The predicted molar refractivity (Wildman–Crippen MR) is 122 cm³/mol. The lowest BCUT2D eigenvalue weighted by Crippen LogP contribution is -2.44. The van der Waals surface area contributed by atoms with Gasteiger partial charge in [0.05, 0.1) is 13.2 Å². The van der Waals surface area contributed by atoms with E-state index in [-0.39, 0.29) is 18.4 Å². The van der Waals surface area contributed by atoms with E-state index >= 15 is 0 Å². The number of hydrogen-bond acceptors (Lipinski definition) is 5. The smallest absolute Gasteiger partial charge is 0.325 e. The van der Waals surface area contributed by atoms with E-state index in [9.17, 15) is 14.4 Å². The number of ether oxygens (including phenoxy) is 2. The fourth-order valence-electron chi connectivity index (χ4n) is 4.53. The fraction of sp³-hybridized carbons (Fsp3) is 0.400. The van der Waals surface area contributed by atoms with Crippen molar-refractivity contribution >= 4 is 17.8 Å². The first-order chi connectivity index (χ1) is 16.0. The van der Waals surface area contributed by atoms with Gasteiger partial charge >= 0.3 is 6.03 Å². The van der Waals surface area contributed by atoms with Gasteiger partial charge in [-0.05, 0) is 61.9 Å². The molecule has 1 heterocycles. The molecule has 2 N–H and O–H groups in total. The molecule has 8 heteroatoms. The second-order valence-electron chi connectivity index (χ2n) is 8.13. The number of carbonyl (C=O) groups excluding carboxylic acids is 3. The van der Waals surface area contributed by atoms with E-state index in [1.165, 1.54) is 0 Å². The molecule has 0 unspecified atom stereocenters. The number of nitrogens with zero attached hydrogens (tertiary/aromatic N) is 1. The Bertz CT molecular complexity index is 1070. The van der Waals surface area contributed by atoms with Crippen LogP contribution in [-0.4, -0.2) is 49.0 Å². The first-order valence-electron chi connectivity index (χ1n) is 11.4. The van der Waals surface area contributed by atoms with Crippen LogP contribution < -0.4 is 20.1 Å². The van der Waals surface area contributed by atoms with Crippen LogP contribution in [0, 0.1) is 0 Å². The molecule has 2 aliphatic rings. The molecule has 33 heavy (non-hydrogen) atoms. The molecule has 1 spiro atoms. The van der Waals surface area contributed by atoms with Crippen molar-refractivity contribution in [3.05, 3.63) is 59.2 Å². The summed E-state index contributed by atoms with van der Waals surface area (Å²) in [5, 5.41) is 5.64. The van der Waals surface area contributed by atoms with Gasteiger partial charge in [-0.1, -0.05) is 30.3 Å². The summed E-state index contributed by atoms with van der Waals surface area (Å²) in [5.41, 5.74) is 1.82. The zero-order chi connectivity index (χ0) is 23.4. The molecule has 1 saturated heterocycles. The third-order valence-corrected chi connectivity index (χ3v) is 6.07. The molecule has 0 radical (unpaired) electrons. The Balaban J connectivity index is 1.34. The minimum Gasteiger partial charge on any atom is -0.490 e. The van der Waals surface area contributed by atoms with E-state index in [0.717, 1.165) is 21.6 Å². The Labute approximate surface area is 193 Å². The predicted octanol–water partition coefficient (Wildman–Crippen LogP) is 2.54. The number of benzene rings is 2. The molecular formula is C25H29N3O5. The quantitative estimate of drug-likeness (QED) is 0.571. The highest BCUT2D eigenvalue weighted by Crippen LogP contribution is 2.41. The van der Waals surface area contributed by atoms with Gasteiger partial charge in [0.2, 0.25) is 5.91 Å². The van der Waals surface area contributed by atoms with Crippen LogP contribution in [0.3, 0.4) is 0 Å².